The van der Waals surface area contributed by atoms with E-state index in [0.717, 1.165) is 65.4 Å². The summed E-state index contributed by atoms with van der Waals surface area (Å²) in [6, 6.07) is 54.1. The molecule has 0 amide bonds. The average Bonchev–Trinajstić information content (AvgIpc) is 0.787. The van der Waals surface area contributed by atoms with Crippen LogP contribution in [-0.2, 0) is 80.0 Å². The van der Waals surface area contributed by atoms with Crippen LogP contribution in [0.4, 0.5) is 35.5 Å². The van der Waals surface area contributed by atoms with E-state index in [2.05, 4.69) is 107 Å². The fourth-order valence-electron chi connectivity index (χ4n) is 12.8. The molecule has 16 rings (SSSR count). The van der Waals surface area contributed by atoms with Gasteiger partial charge in [0.2, 0.25) is 0 Å². The van der Waals surface area contributed by atoms with E-state index < -0.39 is 90.3 Å². The van der Waals surface area contributed by atoms with Gasteiger partial charge in [0.25, 0.3) is 40.4 Å². The lowest BCUT2D eigenvalue weighted by Crippen LogP contribution is -2.40. The highest BCUT2D eigenvalue weighted by molar-refractivity contribution is 9.11. The van der Waals surface area contributed by atoms with Gasteiger partial charge in [0.15, 0.2) is 5.75 Å². The van der Waals surface area contributed by atoms with Crippen LogP contribution in [0.3, 0.4) is 0 Å². The van der Waals surface area contributed by atoms with Crippen molar-refractivity contribution in [2.75, 3.05) is 14.2 Å². The molecule has 9 aromatic carbocycles. The van der Waals surface area contributed by atoms with Gasteiger partial charge in [-0.3, -0.25) is 84.0 Å². The van der Waals surface area contributed by atoms with Crippen molar-refractivity contribution in [3.05, 3.63) is 525 Å². The van der Waals surface area contributed by atoms with Crippen molar-refractivity contribution in [1.29, 1.82) is 1.45 Å². The predicted molar refractivity (Wildman–Crippen MR) is 537 cm³/mol. The molecule has 0 unspecified atom stereocenters. The van der Waals surface area contributed by atoms with E-state index in [9.17, 15) is 103 Å². The number of benzene rings is 9. The Balaban J connectivity index is 0.000000205. The zero-order valence-electron chi connectivity index (χ0n) is 75.8. The topological polar surface area (TPSA) is 400 Å². The van der Waals surface area contributed by atoms with E-state index >= 15 is 0 Å². The van der Waals surface area contributed by atoms with Gasteiger partial charge in [-0.1, -0.05) is 109 Å². The summed E-state index contributed by atoms with van der Waals surface area (Å²) >= 11 is 18.7. The highest BCUT2D eigenvalue weighted by Gasteiger charge is 2.18. The molecule has 0 saturated heterocycles. The van der Waals surface area contributed by atoms with Gasteiger partial charge >= 0.3 is 39.8 Å². The van der Waals surface area contributed by atoms with Crippen LogP contribution >= 0.6 is 95.6 Å². The minimum absolute atomic E-state index is 0. The van der Waals surface area contributed by atoms with Crippen LogP contribution in [0.25, 0.3) is 0 Å². The van der Waals surface area contributed by atoms with Crippen molar-refractivity contribution in [3.63, 3.8) is 0 Å². The molecule has 0 radical (unpaired) electrons. The molecular formula is C96H82Br6F8N14O18. The van der Waals surface area contributed by atoms with E-state index in [1.54, 1.807) is 76.8 Å². The van der Waals surface area contributed by atoms with Crippen molar-refractivity contribution in [2.45, 2.75) is 58.9 Å². The second-order valence-electron chi connectivity index (χ2n) is 30.1. The minimum Gasteiger partial charge on any atom is -0.502 e. The minimum atomic E-state index is -0.762. The summed E-state index contributed by atoms with van der Waals surface area (Å²) in [5.74, 6) is -1.60. The highest BCUT2D eigenvalue weighted by atomic mass is 79.9. The van der Waals surface area contributed by atoms with Gasteiger partial charge < -0.3 is 39.2 Å². The van der Waals surface area contributed by atoms with Gasteiger partial charge in [-0.05, 0) is 255 Å². The number of ether oxygens (including phenoxy) is 2. The zero-order valence-corrected chi connectivity index (χ0v) is 84.3. The normalized spacial score (nSPS) is 10.5. The van der Waals surface area contributed by atoms with Gasteiger partial charge in [-0.2, -0.15) is 0 Å². The third-order valence-electron chi connectivity index (χ3n) is 20.1. The predicted octanol–water partition coefficient (Wildman–Crippen LogP) is 11.8. The molecule has 46 heteroatoms. The van der Waals surface area contributed by atoms with Crippen LogP contribution in [0.15, 0.2) is 356 Å². The summed E-state index contributed by atoms with van der Waals surface area (Å²) in [7, 11) is 7.73. The van der Waals surface area contributed by atoms with Crippen molar-refractivity contribution >= 4 is 95.6 Å². The second-order valence-corrected chi connectivity index (χ2v) is 35.3. The first-order valence-corrected chi connectivity index (χ1v) is 45.7. The molecule has 0 fully saturated rings. The van der Waals surface area contributed by atoms with Crippen molar-refractivity contribution < 1.29 is 55.5 Å². The van der Waals surface area contributed by atoms with Crippen molar-refractivity contribution in [1.82, 2.24) is 64.8 Å². The van der Waals surface area contributed by atoms with E-state index in [0.29, 0.717) is 61.0 Å². The lowest BCUT2D eigenvalue weighted by molar-refractivity contribution is 0.414. The lowest BCUT2D eigenvalue weighted by atomic mass is 10.2. The molecule has 32 nitrogen and oxygen atoms in total. The van der Waals surface area contributed by atoms with Crippen LogP contribution in [0.1, 0.15) is 50.1 Å². The van der Waals surface area contributed by atoms with E-state index in [1.165, 1.54) is 184 Å². The maximum absolute atomic E-state index is 13.1. The summed E-state index contributed by atoms with van der Waals surface area (Å²) < 4.78 is 129. The molecule has 5 N–H and O–H groups in total. The Bertz CT molecular complexity index is 7370. The number of hydrogen-bond acceptors (Lipinski definition) is 17. The summed E-state index contributed by atoms with van der Waals surface area (Å²) in [5, 5.41) is 9.37. The third kappa shape index (κ3) is 31.2. The van der Waals surface area contributed by atoms with Gasteiger partial charge in [-0.25, -0.2) is 64.3 Å². The number of halogens is 14. The number of aromatic hydroxyl groups is 1. The Morgan fingerprint density at radius 2 is 0.451 bits per heavy atom. The second kappa shape index (κ2) is 52.6. The Morgan fingerprint density at radius 3 is 0.683 bits per heavy atom. The Labute approximate surface area is 847 Å². The number of hydrogen-bond donors (Lipinski definition) is 3. The maximum Gasteiger partial charge on any atom is 0.331 e. The summed E-state index contributed by atoms with van der Waals surface area (Å²) in [6.45, 7) is 1.19. The largest absolute Gasteiger partial charge is 0.502 e. The quantitative estimate of drug-likeness (QED) is 0.0597. The fourth-order valence-corrected chi connectivity index (χ4v) is 15.4. The number of H-pyrrole nitrogens is 2. The summed E-state index contributed by atoms with van der Waals surface area (Å²) in [4.78, 5) is 172. The molecule has 0 aliphatic rings. The van der Waals surface area contributed by atoms with Crippen molar-refractivity contribution in [3.8, 4) is 17.2 Å². The highest BCUT2D eigenvalue weighted by Crippen LogP contribution is 2.18. The maximum atomic E-state index is 13.1. The van der Waals surface area contributed by atoms with E-state index in [1.807, 2.05) is 48.5 Å². The molecule has 742 valence electrons. The number of aromatic amines is 2. The molecule has 0 atom stereocenters. The number of aryl methyl sites for hydroxylation is 3. The fraction of sp³-hybridized carbons (Fsp3) is 0.146. The van der Waals surface area contributed by atoms with Crippen LogP contribution in [0.2, 0.25) is 0 Å². The molecule has 7 aromatic heterocycles. The van der Waals surface area contributed by atoms with Gasteiger partial charge in [0.05, 0.1) is 106 Å². The summed E-state index contributed by atoms with van der Waals surface area (Å²) in [6.07, 6.45) is 9.47. The molecule has 0 aliphatic carbocycles. The molecule has 0 saturated carbocycles. The Morgan fingerprint density at radius 1 is 0.268 bits per heavy atom. The smallest absolute Gasteiger partial charge is 0.331 e. The zero-order chi connectivity index (χ0) is 104. The molecular weight excluding hydrogens is 2270 g/mol. The van der Waals surface area contributed by atoms with Crippen LogP contribution in [-0.4, -0.2) is 91.0 Å². The number of nitrogens with zero attached hydrogens (tertiary/aromatic N) is 12. The first-order chi connectivity index (χ1) is 67.6. The van der Waals surface area contributed by atoms with Gasteiger partial charge in [-0.15, -0.1) is 0 Å². The van der Waals surface area contributed by atoms with Crippen LogP contribution < -0.4 is 88.2 Å². The van der Waals surface area contributed by atoms with Gasteiger partial charge in [0, 0.05) is 58.3 Å². The lowest BCUT2D eigenvalue weighted by Gasteiger charge is -2.12. The number of nitrogens with one attached hydrogen (secondary N) is 2. The standard InChI is InChI=1S/2C19H16BrFN2O3.2C12H10BrFN2O2.C12H11FN2O3.2C11H8BrFN2O2.FH.H2O/c2*1-26-16-8-4-13(5-9-16)10-22-12-17(20)18(24)23(19(22)25)11-14-2-6-15(21)7-3-14;2*1-15-7-10(13)11(17)16(12(15)18)6-8-2-4-9(14)5-3-8;1-14-7-10(16)11(17)15(12(14)18)6-8-2-4-9(13)5-3-8;2*12-9-5-14-11(17)15(10(9)16)6-7-1-3-8(13)4-2-7;;/h2*2-9,12H,10-11H2,1H3;2*2-5,7H,6H2,1H3;2-5,7,16H,6H2,1H3;2*1-5H,6H2,(H,14,17);1H;1H2/i/hT. The van der Waals surface area contributed by atoms with Crippen LogP contribution in [0, 0.1) is 40.7 Å². The SMILES string of the molecule is COc1ccc(Cn2cc(Br)c(=O)n(Cc3ccc(F)cc3)c2=O)cc1.COc1ccc(Cn2cc(Br)c(=O)n(Cc3ccc(F)cc3)c2=O)cc1.Cn1cc(Br)c(=O)n(Cc2ccc(F)cc2)c1=O.Cn1cc(Br)c(=O)n(Cc2ccc(F)cc2)c1=O.Cn1cc(O)c(=O)n(Cc2ccc(F)cc2)c1=O.O.O=c1[nH]cc(Br)c(=O)n1Cc1ccc(F)cc1.O=c1[nH]cc(Br)c(=O)n1Cc1ccc(F)cc1.[3H]F. The average molecular weight is 2350 g/mol. The number of methoxy groups -OCH3 is 2. The first kappa shape index (κ1) is 111. The molecule has 142 heavy (non-hydrogen) atoms. The third-order valence-corrected chi connectivity index (χ3v) is 23.4. The number of rotatable bonds is 20. The van der Waals surface area contributed by atoms with Crippen molar-refractivity contribution in [2.24, 2.45) is 21.1 Å². The molecule has 7 heterocycles. The molecule has 0 spiro atoms. The van der Waals surface area contributed by atoms with Gasteiger partial charge in [0.1, 0.15) is 52.2 Å². The van der Waals surface area contributed by atoms with Crippen LogP contribution in [0.5, 0.6) is 17.2 Å². The van der Waals surface area contributed by atoms with E-state index in [4.69, 9.17) is 14.2 Å². The monoisotopic (exact) mass is 2350 g/mol. The number of aromatic nitrogens is 14. The molecule has 0 bridgehead atoms. The molecule has 16 aromatic rings. The Kier molecular flexibility index (Phi) is 41.1. The van der Waals surface area contributed by atoms with E-state index in [-0.39, 0.29) is 104 Å². The summed E-state index contributed by atoms with van der Waals surface area (Å²) in [5.41, 5.74) is -0.0151. The molecule has 0 aliphatic heterocycles. The Hall–Kier alpha value is -14.6. The first-order valence-electron chi connectivity index (χ1n) is 41.3.